The lowest BCUT2D eigenvalue weighted by atomic mass is 10.2. The van der Waals surface area contributed by atoms with Gasteiger partial charge in [0, 0.05) is 43.0 Å². The summed E-state index contributed by atoms with van der Waals surface area (Å²) in [4.78, 5) is 14.1. The number of rotatable bonds is 4. The van der Waals surface area contributed by atoms with Crippen LogP contribution in [0.4, 0.5) is 11.5 Å². The van der Waals surface area contributed by atoms with Gasteiger partial charge in [-0.1, -0.05) is 0 Å². The van der Waals surface area contributed by atoms with Crippen molar-refractivity contribution < 1.29 is 4.79 Å². The molecular weight excluding hydrogens is 252 g/mol. The van der Waals surface area contributed by atoms with Gasteiger partial charge in [-0.15, -0.1) is 0 Å². The van der Waals surface area contributed by atoms with Crippen LogP contribution >= 0.6 is 0 Å². The summed E-state index contributed by atoms with van der Waals surface area (Å²) in [6.45, 7) is 0. The second-order valence-electron chi connectivity index (χ2n) is 5.38. The SMILES string of the molecule is CN(C)c1ccc(C(=O)Nc2cc(C3CC3)[nH]n2)cc1. The number of hydrogen-bond donors (Lipinski definition) is 2. The van der Waals surface area contributed by atoms with Gasteiger partial charge in [0.25, 0.3) is 5.91 Å². The van der Waals surface area contributed by atoms with E-state index in [9.17, 15) is 4.79 Å². The molecule has 1 aliphatic rings. The number of carbonyl (C=O) groups excluding carboxylic acids is 1. The zero-order valence-electron chi connectivity index (χ0n) is 11.7. The molecule has 104 valence electrons. The molecule has 2 aromatic rings. The second-order valence-corrected chi connectivity index (χ2v) is 5.38. The van der Waals surface area contributed by atoms with E-state index in [4.69, 9.17) is 0 Å². The number of nitrogens with zero attached hydrogens (tertiary/aromatic N) is 2. The minimum Gasteiger partial charge on any atom is -0.378 e. The van der Waals surface area contributed by atoms with Crippen molar-refractivity contribution in [1.82, 2.24) is 10.2 Å². The van der Waals surface area contributed by atoms with Gasteiger partial charge in [0.05, 0.1) is 0 Å². The van der Waals surface area contributed by atoms with Gasteiger partial charge in [0.1, 0.15) is 0 Å². The number of anilines is 2. The standard InChI is InChI=1S/C15H18N4O/c1-19(2)12-7-5-11(6-8-12)15(20)16-14-9-13(17-18-14)10-3-4-10/h5-10H,3-4H2,1-2H3,(H2,16,17,18,20). The van der Waals surface area contributed by atoms with Crippen LogP contribution < -0.4 is 10.2 Å². The maximum Gasteiger partial charge on any atom is 0.256 e. The summed E-state index contributed by atoms with van der Waals surface area (Å²) < 4.78 is 0. The zero-order valence-corrected chi connectivity index (χ0v) is 11.7. The Balaban J connectivity index is 1.68. The Bertz CT molecular complexity index is 611. The first-order chi connectivity index (χ1) is 9.63. The predicted molar refractivity (Wildman–Crippen MR) is 79.3 cm³/mol. The fourth-order valence-corrected chi connectivity index (χ4v) is 2.10. The topological polar surface area (TPSA) is 61.0 Å². The largest absolute Gasteiger partial charge is 0.378 e. The first-order valence-electron chi connectivity index (χ1n) is 6.77. The van der Waals surface area contributed by atoms with E-state index >= 15 is 0 Å². The second kappa shape index (κ2) is 5.00. The quantitative estimate of drug-likeness (QED) is 0.897. The Kier molecular flexibility index (Phi) is 3.18. The number of H-pyrrole nitrogens is 1. The van der Waals surface area contributed by atoms with Gasteiger partial charge in [-0.3, -0.25) is 9.89 Å². The van der Waals surface area contributed by atoms with Crippen LogP contribution in [0.1, 0.15) is 34.8 Å². The van der Waals surface area contributed by atoms with Crippen LogP contribution in [0.2, 0.25) is 0 Å². The van der Waals surface area contributed by atoms with E-state index in [1.54, 1.807) is 0 Å². The van der Waals surface area contributed by atoms with Crippen LogP contribution in [-0.4, -0.2) is 30.2 Å². The molecule has 0 unspecified atom stereocenters. The van der Waals surface area contributed by atoms with Gasteiger partial charge in [-0.25, -0.2) is 0 Å². The van der Waals surface area contributed by atoms with Crippen LogP contribution in [0.15, 0.2) is 30.3 Å². The van der Waals surface area contributed by atoms with Crippen molar-refractivity contribution in [1.29, 1.82) is 0 Å². The fourth-order valence-electron chi connectivity index (χ4n) is 2.10. The third-order valence-corrected chi connectivity index (χ3v) is 3.50. The number of aromatic amines is 1. The molecule has 1 heterocycles. The third-order valence-electron chi connectivity index (χ3n) is 3.50. The van der Waals surface area contributed by atoms with Crippen molar-refractivity contribution in [3.63, 3.8) is 0 Å². The van der Waals surface area contributed by atoms with E-state index in [2.05, 4.69) is 15.5 Å². The Morgan fingerprint density at radius 1 is 1.30 bits per heavy atom. The molecule has 1 aliphatic carbocycles. The van der Waals surface area contributed by atoms with Crippen molar-refractivity contribution in [2.24, 2.45) is 0 Å². The van der Waals surface area contributed by atoms with Gasteiger partial charge in [0.2, 0.25) is 0 Å². The highest BCUT2D eigenvalue weighted by molar-refractivity contribution is 6.03. The number of nitrogens with one attached hydrogen (secondary N) is 2. The van der Waals surface area contributed by atoms with Crippen LogP contribution in [0.25, 0.3) is 0 Å². The van der Waals surface area contributed by atoms with Crippen molar-refractivity contribution in [2.45, 2.75) is 18.8 Å². The highest BCUT2D eigenvalue weighted by Gasteiger charge is 2.25. The van der Waals surface area contributed by atoms with E-state index in [1.165, 1.54) is 12.8 Å². The lowest BCUT2D eigenvalue weighted by molar-refractivity contribution is 0.102. The highest BCUT2D eigenvalue weighted by atomic mass is 16.1. The monoisotopic (exact) mass is 270 g/mol. The summed E-state index contributed by atoms with van der Waals surface area (Å²) in [5.74, 6) is 1.06. The molecule has 0 aliphatic heterocycles. The van der Waals surface area contributed by atoms with Crippen molar-refractivity contribution >= 4 is 17.4 Å². The normalized spacial score (nSPS) is 14.1. The molecule has 5 nitrogen and oxygen atoms in total. The van der Waals surface area contributed by atoms with Crippen LogP contribution in [0, 0.1) is 0 Å². The highest BCUT2D eigenvalue weighted by Crippen LogP contribution is 2.39. The number of carbonyl (C=O) groups is 1. The van der Waals surface area contributed by atoms with E-state index < -0.39 is 0 Å². The molecule has 1 amide bonds. The zero-order chi connectivity index (χ0) is 14.1. The van der Waals surface area contributed by atoms with Gasteiger partial charge < -0.3 is 10.2 Å². The predicted octanol–water partition coefficient (Wildman–Crippen LogP) is 2.61. The fraction of sp³-hybridized carbons (Fsp3) is 0.333. The van der Waals surface area contributed by atoms with Crippen molar-refractivity contribution in [3.8, 4) is 0 Å². The summed E-state index contributed by atoms with van der Waals surface area (Å²) in [5.41, 5.74) is 2.81. The molecule has 1 aromatic carbocycles. The minimum atomic E-state index is -0.135. The summed E-state index contributed by atoms with van der Waals surface area (Å²) >= 11 is 0. The molecule has 0 bridgehead atoms. The molecule has 5 heteroatoms. The van der Waals surface area contributed by atoms with Crippen molar-refractivity contribution in [2.75, 3.05) is 24.3 Å². The Morgan fingerprint density at radius 2 is 2.00 bits per heavy atom. The van der Waals surface area contributed by atoms with Crippen LogP contribution in [0.3, 0.4) is 0 Å². The van der Waals surface area contributed by atoms with E-state index in [0.29, 0.717) is 17.3 Å². The average Bonchev–Trinajstić information content (AvgIpc) is 3.20. The summed E-state index contributed by atoms with van der Waals surface area (Å²) in [6, 6.07) is 9.41. The van der Waals surface area contributed by atoms with E-state index in [1.807, 2.05) is 49.3 Å². The number of benzene rings is 1. The average molecular weight is 270 g/mol. The van der Waals surface area contributed by atoms with Crippen LogP contribution in [-0.2, 0) is 0 Å². The lowest BCUT2D eigenvalue weighted by Gasteiger charge is -2.12. The molecule has 3 rings (SSSR count). The number of hydrogen-bond acceptors (Lipinski definition) is 3. The molecule has 1 fully saturated rings. The molecule has 1 aromatic heterocycles. The van der Waals surface area contributed by atoms with Crippen molar-refractivity contribution in [3.05, 3.63) is 41.6 Å². The third kappa shape index (κ3) is 2.66. The van der Waals surface area contributed by atoms with E-state index in [0.717, 1.165) is 11.4 Å². The molecule has 0 atom stereocenters. The molecule has 0 saturated heterocycles. The van der Waals surface area contributed by atoms with Crippen LogP contribution in [0.5, 0.6) is 0 Å². The Morgan fingerprint density at radius 3 is 2.60 bits per heavy atom. The maximum absolute atomic E-state index is 12.1. The summed E-state index contributed by atoms with van der Waals surface area (Å²) in [6.07, 6.45) is 2.42. The Labute approximate surface area is 118 Å². The lowest BCUT2D eigenvalue weighted by Crippen LogP contribution is -2.13. The molecule has 0 spiro atoms. The number of amides is 1. The van der Waals surface area contributed by atoms with Gasteiger partial charge in [-0.05, 0) is 37.1 Å². The Hall–Kier alpha value is -2.30. The number of aromatic nitrogens is 2. The molecular formula is C15H18N4O. The van der Waals surface area contributed by atoms with Gasteiger partial charge >= 0.3 is 0 Å². The van der Waals surface area contributed by atoms with E-state index in [-0.39, 0.29) is 5.91 Å². The molecule has 20 heavy (non-hydrogen) atoms. The molecule has 0 radical (unpaired) electrons. The first kappa shape index (κ1) is 12.7. The summed E-state index contributed by atoms with van der Waals surface area (Å²) in [7, 11) is 3.94. The smallest absolute Gasteiger partial charge is 0.256 e. The molecule has 2 N–H and O–H groups in total. The molecule has 1 saturated carbocycles. The van der Waals surface area contributed by atoms with Gasteiger partial charge in [0.15, 0.2) is 5.82 Å². The first-order valence-corrected chi connectivity index (χ1v) is 6.77. The maximum atomic E-state index is 12.1. The minimum absolute atomic E-state index is 0.135. The van der Waals surface area contributed by atoms with Gasteiger partial charge in [-0.2, -0.15) is 5.10 Å². The summed E-state index contributed by atoms with van der Waals surface area (Å²) in [5, 5.41) is 9.92.